The Hall–Kier alpha value is -1.59. The van der Waals surface area contributed by atoms with Gasteiger partial charge in [-0.15, -0.1) is 0 Å². The van der Waals surface area contributed by atoms with E-state index in [1.807, 2.05) is 0 Å². The molecule has 0 aromatic rings. The summed E-state index contributed by atoms with van der Waals surface area (Å²) in [5.41, 5.74) is 0. The van der Waals surface area contributed by atoms with Crippen LogP contribution < -0.4 is 0 Å². The second kappa shape index (κ2) is 53.2. The van der Waals surface area contributed by atoms with Gasteiger partial charge < -0.3 is 14.2 Å². The Bertz CT molecular complexity index is 1060. The predicted molar refractivity (Wildman–Crippen MR) is 293 cm³/mol. The van der Waals surface area contributed by atoms with Crippen molar-refractivity contribution in [2.45, 2.75) is 349 Å². The standard InChI is InChI=1S/C62H120O6/c1-7-58(6)50-44-38-32-28-29-34-40-46-52-61(64)67-55-59(68-62(65)53-47-41-35-27-23-19-15-11-9-13-17-21-25-31-37-43-49-57(4)5)54-66-60(63)51-45-39-33-26-22-18-14-10-8-12-16-20-24-30-36-42-48-56(2)3/h56-59H,7-55H2,1-6H3/t58?,59-/m1/s1. The summed E-state index contributed by atoms with van der Waals surface area (Å²) in [6.45, 7) is 13.8. The molecule has 0 radical (unpaired) electrons. The molecule has 0 aromatic heterocycles. The minimum atomic E-state index is -0.764. The van der Waals surface area contributed by atoms with Crippen molar-refractivity contribution < 1.29 is 28.6 Å². The molecule has 6 heteroatoms. The lowest BCUT2D eigenvalue weighted by Gasteiger charge is -2.18. The first-order valence-electron chi connectivity index (χ1n) is 30.6. The van der Waals surface area contributed by atoms with Gasteiger partial charge in [-0.2, -0.15) is 0 Å². The van der Waals surface area contributed by atoms with E-state index in [9.17, 15) is 14.4 Å². The van der Waals surface area contributed by atoms with Crippen LogP contribution in [0.2, 0.25) is 0 Å². The van der Waals surface area contributed by atoms with Gasteiger partial charge in [0, 0.05) is 19.3 Å². The van der Waals surface area contributed by atoms with E-state index in [0.29, 0.717) is 19.3 Å². The van der Waals surface area contributed by atoms with Crippen molar-refractivity contribution in [2.24, 2.45) is 17.8 Å². The van der Waals surface area contributed by atoms with E-state index in [2.05, 4.69) is 41.5 Å². The third-order valence-corrected chi connectivity index (χ3v) is 14.5. The zero-order valence-corrected chi connectivity index (χ0v) is 46.9. The maximum atomic E-state index is 12.9. The average molecular weight is 962 g/mol. The molecule has 1 unspecified atom stereocenters. The summed E-state index contributed by atoms with van der Waals surface area (Å²) >= 11 is 0. The summed E-state index contributed by atoms with van der Waals surface area (Å²) in [5, 5.41) is 0. The van der Waals surface area contributed by atoms with E-state index in [1.54, 1.807) is 0 Å². The van der Waals surface area contributed by atoms with Crippen molar-refractivity contribution in [3.8, 4) is 0 Å². The molecule has 0 bridgehead atoms. The quantitative estimate of drug-likeness (QED) is 0.0343. The minimum Gasteiger partial charge on any atom is -0.462 e. The van der Waals surface area contributed by atoms with Gasteiger partial charge in [0.25, 0.3) is 0 Å². The molecule has 0 aliphatic rings. The molecule has 0 amide bonds. The normalized spacial score (nSPS) is 12.5. The van der Waals surface area contributed by atoms with Crippen LogP contribution in [0.3, 0.4) is 0 Å². The zero-order chi connectivity index (χ0) is 49.8. The van der Waals surface area contributed by atoms with Gasteiger partial charge in [0.2, 0.25) is 0 Å². The highest BCUT2D eigenvalue weighted by Crippen LogP contribution is 2.19. The fraction of sp³-hybridized carbons (Fsp3) is 0.952. The molecule has 0 heterocycles. The van der Waals surface area contributed by atoms with Crippen molar-refractivity contribution in [3.63, 3.8) is 0 Å². The summed E-state index contributed by atoms with van der Waals surface area (Å²) in [6.07, 6.45) is 56.7. The Morgan fingerprint density at radius 3 is 0.765 bits per heavy atom. The SMILES string of the molecule is CCC(C)CCCCCCCCCCC(=O)OC[C@@H](COC(=O)CCCCCCCCCCCCCCCCCCC(C)C)OC(=O)CCCCCCCCCCCCCCCCCCC(C)C. The highest BCUT2D eigenvalue weighted by atomic mass is 16.6. The van der Waals surface area contributed by atoms with Crippen molar-refractivity contribution in [1.82, 2.24) is 0 Å². The summed E-state index contributed by atoms with van der Waals surface area (Å²) < 4.78 is 16.9. The smallest absolute Gasteiger partial charge is 0.306 e. The molecule has 0 rings (SSSR count). The maximum absolute atomic E-state index is 12.9. The number of esters is 3. The van der Waals surface area contributed by atoms with Crippen molar-refractivity contribution in [3.05, 3.63) is 0 Å². The number of hydrogen-bond donors (Lipinski definition) is 0. The van der Waals surface area contributed by atoms with E-state index in [-0.39, 0.29) is 31.1 Å². The van der Waals surface area contributed by atoms with Crippen molar-refractivity contribution >= 4 is 17.9 Å². The first kappa shape index (κ1) is 66.4. The summed E-state index contributed by atoms with van der Waals surface area (Å²) in [7, 11) is 0. The second-order valence-corrected chi connectivity index (χ2v) is 22.5. The van der Waals surface area contributed by atoms with Crippen LogP contribution in [0.15, 0.2) is 0 Å². The fourth-order valence-electron chi connectivity index (χ4n) is 9.50. The van der Waals surface area contributed by atoms with Crippen LogP contribution in [-0.4, -0.2) is 37.2 Å². The van der Waals surface area contributed by atoms with E-state index in [0.717, 1.165) is 75.5 Å². The Balaban J connectivity index is 4.26. The van der Waals surface area contributed by atoms with Crippen LogP contribution in [0.5, 0.6) is 0 Å². The second-order valence-electron chi connectivity index (χ2n) is 22.5. The molecule has 0 aliphatic carbocycles. The third kappa shape index (κ3) is 53.8. The molecule has 0 saturated heterocycles. The van der Waals surface area contributed by atoms with Crippen LogP contribution in [-0.2, 0) is 28.6 Å². The summed E-state index contributed by atoms with van der Waals surface area (Å²) in [4.78, 5) is 38.2. The molecule has 0 aromatic carbocycles. The number of ether oxygens (including phenoxy) is 3. The minimum absolute atomic E-state index is 0.0633. The highest BCUT2D eigenvalue weighted by molar-refractivity contribution is 5.71. The highest BCUT2D eigenvalue weighted by Gasteiger charge is 2.19. The van der Waals surface area contributed by atoms with Gasteiger partial charge in [-0.3, -0.25) is 14.4 Å². The molecule has 0 saturated carbocycles. The predicted octanol–water partition coefficient (Wildman–Crippen LogP) is 20.3. The van der Waals surface area contributed by atoms with Crippen LogP contribution >= 0.6 is 0 Å². The van der Waals surface area contributed by atoms with E-state index >= 15 is 0 Å². The Morgan fingerprint density at radius 2 is 0.515 bits per heavy atom. The van der Waals surface area contributed by atoms with Gasteiger partial charge in [-0.05, 0) is 37.0 Å². The number of rotatable bonds is 55. The molecule has 6 nitrogen and oxygen atoms in total. The molecule has 2 atom stereocenters. The Morgan fingerprint density at radius 1 is 0.294 bits per heavy atom. The molecule has 0 aliphatic heterocycles. The first-order valence-corrected chi connectivity index (χ1v) is 30.6. The summed E-state index contributed by atoms with van der Waals surface area (Å²) in [5.74, 6) is 1.71. The number of hydrogen-bond acceptors (Lipinski definition) is 6. The molecule has 0 fully saturated rings. The van der Waals surface area contributed by atoms with Crippen LogP contribution in [0.1, 0.15) is 343 Å². The lowest BCUT2D eigenvalue weighted by molar-refractivity contribution is -0.167. The number of carbonyl (C=O) groups excluding carboxylic acids is 3. The van der Waals surface area contributed by atoms with Crippen LogP contribution in [0.4, 0.5) is 0 Å². The Kier molecular flexibility index (Phi) is 52.0. The zero-order valence-electron chi connectivity index (χ0n) is 46.9. The topological polar surface area (TPSA) is 78.9 Å². The lowest BCUT2D eigenvalue weighted by atomic mass is 9.99. The molecular weight excluding hydrogens is 841 g/mol. The van der Waals surface area contributed by atoms with Gasteiger partial charge in [-0.1, -0.05) is 305 Å². The first-order chi connectivity index (χ1) is 33.1. The van der Waals surface area contributed by atoms with Gasteiger partial charge in [0.15, 0.2) is 6.10 Å². The van der Waals surface area contributed by atoms with Crippen molar-refractivity contribution in [1.29, 1.82) is 0 Å². The van der Waals surface area contributed by atoms with Crippen LogP contribution in [0.25, 0.3) is 0 Å². The molecular formula is C62H120O6. The molecule has 404 valence electrons. The Labute approximate surface area is 425 Å². The lowest BCUT2D eigenvalue weighted by Crippen LogP contribution is -2.30. The third-order valence-electron chi connectivity index (χ3n) is 14.5. The van der Waals surface area contributed by atoms with Gasteiger partial charge in [-0.25, -0.2) is 0 Å². The van der Waals surface area contributed by atoms with Crippen molar-refractivity contribution in [2.75, 3.05) is 13.2 Å². The fourth-order valence-corrected chi connectivity index (χ4v) is 9.50. The van der Waals surface area contributed by atoms with Gasteiger partial charge in [0.1, 0.15) is 13.2 Å². The molecule has 68 heavy (non-hydrogen) atoms. The van der Waals surface area contributed by atoms with Gasteiger partial charge >= 0.3 is 17.9 Å². The molecule has 0 spiro atoms. The van der Waals surface area contributed by atoms with E-state index in [1.165, 1.54) is 225 Å². The molecule has 0 N–H and O–H groups in total. The monoisotopic (exact) mass is 961 g/mol. The van der Waals surface area contributed by atoms with E-state index in [4.69, 9.17) is 14.2 Å². The van der Waals surface area contributed by atoms with E-state index < -0.39 is 6.10 Å². The largest absolute Gasteiger partial charge is 0.462 e. The number of unbranched alkanes of at least 4 members (excludes halogenated alkanes) is 37. The van der Waals surface area contributed by atoms with Gasteiger partial charge in [0.05, 0.1) is 0 Å². The van der Waals surface area contributed by atoms with Crippen LogP contribution in [0, 0.1) is 17.8 Å². The maximum Gasteiger partial charge on any atom is 0.306 e. The number of carbonyl (C=O) groups is 3. The summed E-state index contributed by atoms with van der Waals surface area (Å²) in [6, 6.07) is 0. The average Bonchev–Trinajstić information content (AvgIpc) is 3.31.